The third kappa shape index (κ3) is 5.19. The van der Waals surface area contributed by atoms with Gasteiger partial charge in [-0.1, -0.05) is 29.8 Å². The summed E-state index contributed by atoms with van der Waals surface area (Å²) in [5.41, 5.74) is 1.35. The van der Waals surface area contributed by atoms with Crippen LogP contribution in [0.2, 0.25) is 0 Å². The van der Waals surface area contributed by atoms with Crippen LogP contribution in [0.25, 0.3) is 0 Å². The van der Waals surface area contributed by atoms with Gasteiger partial charge in [0.2, 0.25) is 5.91 Å². The van der Waals surface area contributed by atoms with Crippen LogP contribution in [0.1, 0.15) is 20.3 Å². The fourth-order valence-corrected chi connectivity index (χ4v) is 2.54. The van der Waals surface area contributed by atoms with Gasteiger partial charge in [0.1, 0.15) is 12.4 Å². The second-order valence-electron chi connectivity index (χ2n) is 5.70. The van der Waals surface area contributed by atoms with Gasteiger partial charge in [-0.05, 0) is 26.0 Å². The molecule has 0 atom stereocenters. The summed E-state index contributed by atoms with van der Waals surface area (Å²) in [5, 5.41) is 0. The molecule has 0 unspecified atom stereocenters. The SMILES string of the molecule is C/C=C(\C)CN1CCC(=O)N(CCOc2ccccc2)CC1. The summed E-state index contributed by atoms with van der Waals surface area (Å²) in [7, 11) is 0. The van der Waals surface area contributed by atoms with Crippen molar-refractivity contribution < 1.29 is 9.53 Å². The maximum Gasteiger partial charge on any atom is 0.224 e. The molecule has 1 aliphatic rings. The highest BCUT2D eigenvalue weighted by atomic mass is 16.5. The molecular formula is C18H26N2O2. The second kappa shape index (κ2) is 8.59. The Balaban J connectivity index is 1.78. The molecule has 22 heavy (non-hydrogen) atoms. The molecule has 120 valence electrons. The lowest BCUT2D eigenvalue weighted by Gasteiger charge is -2.22. The van der Waals surface area contributed by atoms with Crippen LogP contribution < -0.4 is 4.74 Å². The van der Waals surface area contributed by atoms with Gasteiger partial charge in [-0.25, -0.2) is 0 Å². The number of ether oxygens (including phenoxy) is 1. The number of para-hydroxylation sites is 1. The first-order chi connectivity index (χ1) is 10.7. The Kier molecular flexibility index (Phi) is 6.46. The highest BCUT2D eigenvalue weighted by Crippen LogP contribution is 2.10. The van der Waals surface area contributed by atoms with Gasteiger partial charge in [0.25, 0.3) is 0 Å². The van der Waals surface area contributed by atoms with Gasteiger partial charge < -0.3 is 9.64 Å². The molecule has 1 heterocycles. The summed E-state index contributed by atoms with van der Waals surface area (Å²) in [6, 6.07) is 9.74. The van der Waals surface area contributed by atoms with Crippen molar-refractivity contribution in [3.63, 3.8) is 0 Å². The third-order valence-corrected chi connectivity index (χ3v) is 4.02. The van der Waals surface area contributed by atoms with E-state index in [1.807, 2.05) is 35.2 Å². The minimum Gasteiger partial charge on any atom is -0.492 e. The van der Waals surface area contributed by atoms with Crippen LogP contribution in [-0.2, 0) is 4.79 Å². The van der Waals surface area contributed by atoms with Crippen molar-refractivity contribution in [2.24, 2.45) is 0 Å². The summed E-state index contributed by atoms with van der Waals surface area (Å²) >= 11 is 0. The molecule has 2 rings (SSSR count). The molecule has 1 aromatic carbocycles. The van der Waals surface area contributed by atoms with Crippen molar-refractivity contribution in [1.29, 1.82) is 0 Å². The van der Waals surface area contributed by atoms with Gasteiger partial charge in [0.05, 0.1) is 6.54 Å². The Bertz CT molecular complexity index is 499. The van der Waals surface area contributed by atoms with Crippen molar-refractivity contribution in [1.82, 2.24) is 9.80 Å². The predicted octanol–water partition coefficient (Wildman–Crippen LogP) is 2.57. The highest BCUT2D eigenvalue weighted by Gasteiger charge is 2.20. The zero-order chi connectivity index (χ0) is 15.8. The molecule has 1 amide bonds. The molecule has 0 aliphatic carbocycles. The van der Waals surface area contributed by atoms with E-state index >= 15 is 0 Å². The first-order valence-corrected chi connectivity index (χ1v) is 7.99. The quantitative estimate of drug-likeness (QED) is 0.757. The van der Waals surface area contributed by atoms with E-state index in [1.54, 1.807) is 0 Å². The van der Waals surface area contributed by atoms with Crippen molar-refractivity contribution in [3.05, 3.63) is 42.0 Å². The number of hydrogen-bond acceptors (Lipinski definition) is 3. The van der Waals surface area contributed by atoms with Crippen LogP contribution in [0.4, 0.5) is 0 Å². The van der Waals surface area contributed by atoms with Gasteiger partial charge in [-0.15, -0.1) is 0 Å². The normalized spacial score (nSPS) is 17.5. The summed E-state index contributed by atoms with van der Waals surface area (Å²) in [6.45, 7) is 8.92. The van der Waals surface area contributed by atoms with E-state index in [9.17, 15) is 4.79 Å². The molecule has 1 aromatic rings. The van der Waals surface area contributed by atoms with E-state index in [4.69, 9.17) is 4.74 Å². The molecule has 0 bridgehead atoms. The number of allylic oxidation sites excluding steroid dienone is 1. The maximum atomic E-state index is 12.2. The van der Waals surface area contributed by atoms with Gasteiger partial charge in [0, 0.05) is 32.6 Å². The Morgan fingerprint density at radius 3 is 2.73 bits per heavy atom. The molecule has 1 aliphatic heterocycles. The van der Waals surface area contributed by atoms with Gasteiger partial charge in [-0.3, -0.25) is 9.69 Å². The van der Waals surface area contributed by atoms with Crippen LogP contribution >= 0.6 is 0 Å². The Hall–Kier alpha value is -1.81. The van der Waals surface area contributed by atoms with Crippen LogP contribution in [-0.4, -0.2) is 55.0 Å². The summed E-state index contributed by atoms with van der Waals surface area (Å²) in [5.74, 6) is 1.09. The lowest BCUT2D eigenvalue weighted by molar-refractivity contribution is -0.130. The van der Waals surface area contributed by atoms with E-state index in [0.29, 0.717) is 19.6 Å². The number of carbonyl (C=O) groups is 1. The Labute approximate surface area is 133 Å². The number of hydrogen-bond donors (Lipinski definition) is 0. The van der Waals surface area contributed by atoms with Crippen LogP contribution in [0.5, 0.6) is 5.75 Å². The standard InChI is InChI=1S/C18H26N2O2/c1-3-16(2)15-19-10-9-18(21)20(12-11-19)13-14-22-17-7-5-4-6-8-17/h3-8H,9-15H2,1-2H3/b16-3+. The minimum absolute atomic E-state index is 0.234. The smallest absolute Gasteiger partial charge is 0.224 e. The lowest BCUT2D eigenvalue weighted by atomic mass is 10.2. The second-order valence-corrected chi connectivity index (χ2v) is 5.70. The number of nitrogens with zero attached hydrogens (tertiary/aromatic N) is 2. The maximum absolute atomic E-state index is 12.2. The molecular weight excluding hydrogens is 276 g/mol. The van der Waals surface area contributed by atoms with Crippen molar-refractivity contribution in [2.45, 2.75) is 20.3 Å². The molecule has 0 saturated carbocycles. The van der Waals surface area contributed by atoms with Crippen LogP contribution in [0.15, 0.2) is 42.0 Å². The number of carbonyl (C=O) groups excluding carboxylic acids is 1. The molecule has 4 heteroatoms. The minimum atomic E-state index is 0.234. The summed E-state index contributed by atoms with van der Waals surface area (Å²) in [6.07, 6.45) is 2.74. The first-order valence-electron chi connectivity index (χ1n) is 7.99. The monoisotopic (exact) mass is 302 g/mol. The summed E-state index contributed by atoms with van der Waals surface area (Å²) in [4.78, 5) is 16.5. The Morgan fingerprint density at radius 2 is 2.00 bits per heavy atom. The van der Waals surface area contributed by atoms with Gasteiger partial charge in [-0.2, -0.15) is 0 Å². The Morgan fingerprint density at radius 1 is 1.23 bits per heavy atom. The number of amides is 1. The van der Waals surface area contributed by atoms with E-state index in [1.165, 1.54) is 5.57 Å². The molecule has 0 spiro atoms. The topological polar surface area (TPSA) is 32.8 Å². The van der Waals surface area contributed by atoms with E-state index in [0.717, 1.165) is 31.9 Å². The molecule has 0 radical (unpaired) electrons. The largest absolute Gasteiger partial charge is 0.492 e. The van der Waals surface area contributed by atoms with Crippen molar-refractivity contribution in [3.8, 4) is 5.75 Å². The molecule has 4 nitrogen and oxygen atoms in total. The molecule has 0 aromatic heterocycles. The zero-order valence-electron chi connectivity index (χ0n) is 13.6. The fraction of sp³-hybridized carbons (Fsp3) is 0.500. The highest BCUT2D eigenvalue weighted by molar-refractivity contribution is 5.76. The predicted molar refractivity (Wildman–Crippen MR) is 89.0 cm³/mol. The van der Waals surface area contributed by atoms with Gasteiger partial charge in [0.15, 0.2) is 0 Å². The number of benzene rings is 1. The van der Waals surface area contributed by atoms with E-state index < -0.39 is 0 Å². The fourth-order valence-electron chi connectivity index (χ4n) is 2.54. The van der Waals surface area contributed by atoms with Crippen LogP contribution in [0.3, 0.4) is 0 Å². The van der Waals surface area contributed by atoms with Gasteiger partial charge >= 0.3 is 0 Å². The molecule has 0 N–H and O–H groups in total. The molecule has 1 fully saturated rings. The molecule has 1 saturated heterocycles. The summed E-state index contributed by atoms with van der Waals surface area (Å²) < 4.78 is 5.69. The van der Waals surface area contributed by atoms with Crippen LogP contribution in [0, 0.1) is 0 Å². The first kappa shape index (κ1) is 16.6. The van der Waals surface area contributed by atoms with Crippen molar-refractivity contribution in [2.75, 3.05) is 39.3 Å². The average Bonchev–Trinajstić information content (AvgIpc) is 2.71. The third-order valence-electron chi connectivity index (χ3n) is 4.02. The number of rotatable bonds is 6. The van der Waals surface area contributed by atoms with Crippen molar-refractivity contribution >= 4 is 5.91 Å². The zero-order valence-corrected chi connectivity index (χ0v) is 13.6. The lowest BCUT2D eigenvalue weighted by Crippen LogP contribution is -2.36. The van der Waals surface area contributed by atoms with E-state index in [-0.39, 0.29) is 5.91 Å². The average molecular weight is 302 g/mol. The van der Waals surface area contributed by atoms with E-state index in [2.05, 4.69) is 24.8 Å².